The zero-order valence-corrected chi connectivity index (χ0v) is 46.7. The van der Waals surface area contributed by atoms with E-state index in [4.69, 9.17) is 44.0 Å². The Bertz CT molecular complexity index is 2020. The number of esters is 2. The van der Waals surface area contributed by atoms with E-state index in [1.165, 1.54) is 23.9 Å². The number of halogens is 6. The number of anilines is 2. The average Bonchev–Trinajstić information content (AvgIpc) is 3.59. The molecule has 0 unspecified atom stereocenters. The lowest BCUT2D eigenvalue weighted by atomic mass is 10.0. The molecule has 0 radical (unpaired) electrons. The predicted octanol–water partition coefficient (Wildman–Crippen LogP) is 8.88. The van der Waals surface area contributed by atoms with Gasteiger partial charge in [0, 0.05) is 23.0 Å². The number of carbonyl (C=O) groups is 5. The third kappa shape index (κ3) is 30.4. The molecule has 3 aromatic carbocycles. The molecule has 0 bridgehead atoms. The maximum atomic E-state index is 11.7. The number of urea groups is 1. The number of hydrogen-bond donors (Lipinski definition) is 5. The number of ether oxygens (including phenoxy) is 3. The number of carbonyl (C=O) groups excluding carboxylic acids is 5. The minimum Gasteiger partial charge on any atom is -0.465 e. The first-order valence-electron chi connectivity index (χ1n) is 19.2. The quantitative estimate of drug-likeness (QED) is 0.0146. The fourth-order valence-corrected chi connectivity index (χ4v) is 6.36. The number of aryl methyl sites for hydroxylation is 6. The van der Waals surface area contributed by atoms with Gasteiger partial charge < -0.3 is 41.5 Å². The van der Waals surface area contributed by atoms with Gasteiger partial charge in [-0.15, -0.1) is 23.2 Å². The molecule has 7 N–H and O–H groups in total. The summed E-state index contributed by atoms with van der Waals surface area (Å²) in [6.45, 7) is 17.7. The highest BCUT2D eigenvalue weighted by Crippen LogP contribution is 2.27. The highest BCUT2D eigenvalue weighted by molar-refractivity contribution is 14.1. The Morgan fingerprint density at radius 2 is 1.32 bits per heavy atom. The maximum Gasteiger partial charge on any atom is 0.345 e. The van der Waals surface area contributed by atoms with Crippen molar-refractivity contribution in [2.45, 2.75) is 68.7 Å². The largest absolute Gasteiger partial charge is 0.465 e. The Kier molecular flexibility index (Phi) is 40.5. The first-order valence-corrected chi connectivity index (χ1v) is 23.8. The van der Waals surface area contributed by atoms with Gasteiger partial charge in [0.1, 0.15) is 6.54 Å². The van der Waals surface area contributed by atoms with E-state index >= 15 is 0 Å². The molecule has 1 fully saturated rings. The molecule has 1 aliphatic rings. The maximum absolute atomic E-state index is 11.7. The molecule has 1 saturated heterocycles. The molecule has 0 spiro atoms. The Morgan fingerprint density at radius 3 is 1.76 bits per heavy atom. The Hall–Kier alpha value is -3.88. The second-order valence-corrected chi connectivity index (χ2v) is 16.9. The lowest BCUT2D eigenvalue weighted by Crippen LogP contribution is -2.31. The summed E-state index contributed by atoms with van der Waals surface area (Å²) in [5.74, 6) is 3.17. The summed E-state index contributed by atoms with van der Waals surface area (Å²) in [6, 6.07) is 11.7. The zero-order valence-electron chi connectivity index (χ0n) is 37.9. The molecule has 366 valence electrons. The molecule has 0 aromatic heterocycles. The van der Waals surface area contributed by atoms with Crippen LogP contribution in [0.3, 0.4) is 0 Å². The van der Waals surface area contributed by atoms with Crippen LogP contribution in [0.25, 0.3) is 0 Å². The summed E-state index contributed by atoms with van der Waals surface area (Å²) >= 11 is 21.0. The molecule has 0 atom stereocenters. The van der Waals surface area contributed by atoms with Crippen molar-refractivity contribution in [3.8, 4) is 6.26 Å². The molecule has 4 rings (SSSR count). The van der Waals surface area contributed by atoms with Crippen molar-refractivity contribution >= 4 is 144 Å². The third-order valence-corrected chi connectivity index (χ3v) is 11.1. The minimum absolute atomic E-state index is 0.0743. The summed E-state index contributed by atoms with van der Waals surface area (Å²) in [5, 5.41) is 29.0. The fourth-order valence-electron chi connectivity index (χ4n) is 4.46. The van der Waals surface area contributed by atoms with Gasteiger partial charge in [0.15, 0.2) is 6.61 Å². The molecule has 1 aliphatic heterocycles. The zero-order chi connectivity index (χ0) is 51.4. The highest BCUT2D eigenvalue weighted by atomic mass is 127. The third-order valence-electron chi connectivity index (χ3n) is 7.50. The number of aliphatic hydroxyl groups is 1. The van der Waals surface area contributed by atoms with Crippen LogP contribution in [0.5, 0.6) is 0 Å². The van der Waals surface area contributed by atoms with E-state index in [1.807, 2.05) is 58.9 Å². The van der Waals surface area contributed by atoms with Crippen LogP contribution in [0.2, 0.25) is 0 Å². The number of hydrogen-bond acceptors (Lipinski definition) is 13. The van der Waals surface area contributed by atoms with Crippen LogP contribution in [0.1, 0.15) is 59.7 Å². The first-order chi connectivity index (χ1) is 31.1. The second kappa shape index (κ2) is 40.2. The number of imide groups is 1. The molecule has 3 aromatic rings. The van der Waals surface area contributed by atoms with Crippen molar-refractivity contribution in [1.82, 2.24) is 10.6 Å². The van der Waals surface area contributed by atoms with Crippen LogP contribution in [0.4, 0.5) is 16.2 Å². The lowest BCUT2D eigenvalue weighted by molar-refractivity contribution is -0.146. The number of nitrogen functional groups attached to an aromatic ring is 1. The van der Waals surface area contributed by atoms with E-state index < -0.39 is 11.9 Å². The highest BCUT2D eigenvalue weighted by Gasteiger charge is 2.31. The van der Waals surface area contributed by atoms with Crippen molar-refractivity contribution in [2.24, 2.45) is 26.1 Å². The number of amides is 4. The van der Waals surface area contributed by atoms with Gasteiger partial charge in [-0.05, 0) is 210 Å². The summed E-state index contributed by atoms with van der Waals surface area (Å²) in [5.41, 5.74) is 14.9. The summed E-state index contributed by atoms with van der Waals surface area (Å²) < 4.78 is 19.5. The van der Waals surface area contributed by atoms with E-state index in [0.717, 1.165) is 42.6 Å². The van der Waals surface area contributed by atoms with Crippen LogP contribution in [-0.2, 0) is 39.8 Å². The fraction of sp³-hybridized carbons (Fsp3) is 0.415. The monoisotopic (exact) mass is 1320 g/mol. The van der Waals surface area contributed by atoms with Gasteiger partial charge >= 0.3 is 18.0 Å². The number of alkyl halides is 2. The van der Waals surface area contributed by atoms with E-state index in [9.17, 15) is 24.0 Å². The van der Waals surface area contributed by atoms with Gasteiger partial charge in [-0.25, -0.2) is 14.5 Å². The van der Waals surface area contributed by atoms with E-state index in [1.54, 1.807) is 20.8 Å². The summed E-state index contributed by atoms with van der Waals surface area (Å²) in [4.78, 5) is 57.5. The molecule has 66 heavy (non-hydrogen) atoms. The Morgan fingerprint density at radius 1 is 0.833 bits per heavy atom. The number of benzene rings is 3. The molecular weight excluding hydrogens is 1260 g/mol. The van der Waals surface area contributed by atoms with Crippen LogP contribution < -0.4 is 27.1 Å². The summed E-state index contributed by atoms with van der Waals surface area (Å²) in [6.07, 6.45) is 1.64. The van der Waals surface area contributed by atoms with Gasteiger partial charge in [0.25, 0.3) is 12.2 Å². The van der Waals surface area contributed by atoms with Crippen LogP contribution in [0.15, 0.2) is 56.7 Å². The molecule has 19 nitrogen and oxygen atoms in total. The standard InChI is InChI=1S/C14H18INO3.C11H11IN2O2.C8H10IN.C5H7NO3.C2H6O.CH2Cl2.ClH2N5/c1-4-19-14(18)8-16-13(17)7-11-5-10(3)12(15)6-9(11)2;1-6-4-9(7(2)3-8(6)12)14-10(15)5-13-11(14)16;1-5-4-8(10)6(2)3-7(5)9;1-2-9-5(7)3-8-4-6;1-2-3;2-1-3;1-3-5-6-4-2/h5-6H,4,7-8H2,1-3H3,(H,16,17);3-4H,5H2,1-2H3,(H,13,16);3-4H,10H2,1-2H3;2-3H2,1H3;3H,2H2,1H3;1H2;(H2,2,3,6). The van der Waals surface area contributed by atoms with Gasteiger partial charge in [-0.2, -0.15) is 5.26 Å². The summed E-state index contributed by atoms with van der Waals surface area (Å²) in [7, 11) is 0. The topological polar surface area (TPSA) is 286 Å². The minimum atomic E-state index is -0.515. The van der Waals surface area contributed by atoms with Crippen molar-refractivity contribution < 1.29 is 43.3 Å². The van der Waals surface area contributed by atoms with Crippen molar-refractivity contribution in [2.75, 3.05) is 55.5 Å². The van der Waals surface area contributed by atoms with Crippen molar-refractivity contribution in [1.29, 1.82) is 5.26 Å². The smallest absolute Gasteiger partial charge is 0.345 e. The van der Waals surface area contributed by atoms with Crippen LogP contribution in [0, 0.1) is 63.8 Å². The normalized spacial score (nSPS) is 10.8. The van der Waals surface area contributed by atoms with Gasteiger partial charge in [0.2, 0.25) is 5.91 Å². The second-order valence-electron chi connectivity index (χ2n) is 12.5. The van der Waals surface area contributed by atoms with Gasteiger partial charge in [-0.3, -0.25) is 14.4 Å². The number of rotatable bonds is 10. The Labute approximate surface area is 441 Å². The first kappa shape index (κ1) is 66.4. The molecule has 25 heteroatoms. The molecule has 0 aliphatic carbocycles. The number of nitrogens with two attached hydrogens (primary N) is 2. The number of nitrogens with one attached hydrogen (secondary N) is 2. The number of aliphatic hydroxyl groups excluding tert-OH is 1. The molecule has 1 heterocycles. The van der Waals surface area contributed by atoms with E-state index in [0.29, 0.717) is 18.9 Å². The predicted molar refractivity (Wildman–Crippen MR) is 282 cm³/mol. The lowest BCUT2D eigenvalue weighted by Gasteiger charge is -2.16. The number of nitriles is 1. The SMILES string of the molecule is CCO.CCOC(=O)CNC(=O)Cc1cc(C)c(I)cc1C.CCOC(=O)COC#N.Cc1cc(I)c(C)cc1N.Cc1cc(N2C(=O)CNC2=O)c(C)cc1I.ClCCl.N/N=N/N=NCl. The Balaban J connectivity index is -0.000000762. The van der Waals surface area contributed by atoms with E-state index in [2.05, 4.69) is 145 Å². The number of nitrogens with zero attached hydrogens (tertiary/aromatic N) is 6. The molecule has 4 amide bonds. The van der Waals surface area contributed by atoms with Crippen LogP contribution >= 0.6 is 103 Å². The average molecular weight is 1320 g/mol. The van der Waals surface area contributed by atoms with Crippen molar-refractivity contribution in [3.63, 3.8) is 0 Å². The van der Waals surface area contributed by atoms with Gasteiger partial charge in [-0.1, -0.05) is 15.9 Å². The van der Waals surface area contributed by atoms with Crippen molar-refractivity contribution in [3.05, 3.63) is 86.1 Å². The molecular formula is C41H56Cl3I3N10O9. The van der Waals surface area contributed by atoms with E-state index in [-0.39, 0.29) is 55.9 Å². The molecule has 0 saturated carbocycles. The van der Waals surface area contributed by atoms with Gasteiger partial charge in [0.05, 0.1) is 49.0 Å². The van der Waals surface area contributed by atoms with Crippen LogP contribution in [-0.4, -0.2) is 79.7 Å².